The summed E-state index contributed by atoms with van der Waals surface area (Å²) in [6, 6.07) is 6.71. The lowest BCUT2D eigenvalue weighted by molar-refractivity contribution is -0.131. The molecular formula is C13H18ClN3O2. The molecule has 0 spiro atoms. The molecule has 0 bridgehead atoms. The smallest absolute Gasteiger partial charge is 0.247 e. The number of hydrogen-bond donors (Lipinski definition) is 2. The summed E-state index contributed by atoms with van der Waals surface area (Å²) in [5, 5.41) is 3.13. The van der Waals surface area contributed by atoms with Crippen molar-refractivity contribution < 1.29 is 9.59 Å². The molecule has 5 nitrogen and oxygen atoms in total. The minimum absolute atomic E-state index is 0.170. The number of likely N-dealkylation sites (N-methyl/N-ethyl adjacent to an activating group) is 1. The lowest BCUT2D eigenvalue weighted by atomic mass is 9.91. The molecule has 6 heteroatoms. The van der Waals surface area contributed by atoms with Crippen LogP contribution in [0.4, 0.5) is 0 Å². The van der Waals surface area contributed by atoms with E-state index < -0.39 is 11.4 Å². The van der Waals surface area contributed by atoms with Gasteiger partial charge in [-0.1, -0.05) is 23.7 Å². The highest BCUT2D eigenvalue weighted by Crippen LogP contribution is 2.23. The molecule has 104 valence electrons. The fraction of sp³-hybridized carbons (Fsp3) is 0.385. The van der Waals surface area contributed by atoms with E-state index in [1.165, 1.54) is 0 Å². The average molecular weight is 284 g/mol. The quantitative estimate of drug-likeness (QED) is 0.836. The van der Waals surface area contributed by atoms with Gasteiger partial charge in [0.1, 0.15) is 5.54 Å². The molecule has 19 heavy (non-hydrogen) atoms. The lowest BCUT2D eigenvalue weighted by Gasteiger charge is -2.28. The highest BCUT2D eigenvalue weighted by molar-refractivity contribution is 6.30. The third-order valence-electron chi connectivity index (χ3n) is 2.74. The number of primary amides is 1. The Hall–Kier alpha value is -1.59. The maximum absolute atomic E-state index is 11.8. The number of carbonyl (C=O) groups is 2. The Morgan fingerprint density at radius 1 is 1.42 bits per heavy atom. The molecule has 0 heterocycles. The van der Waals surface area contributed by atoms with Gasteiger partial charge < -0.3 is 16.0 Å². The Morgan fingerprint density at radius 3 is 2.53 bits per heavy atom. The van der Waals surface area contributed by atoms with Crippen LogP contribution in [0, 0.1) is 0 Å². The van der Waals surface area contributed by atoms with Gasteiger partial charge in [-0.25, -0.2) is 0 Å². The van der Waals surface area contributed by atoms with Crippen molar-refractivity contribution in [2.24, 2.45) is 5.73 Å². The lowest BCUT2D eigenvalue weighted by Crippen LogP contribution is -2.54. The topological polar surface area (TPSA) is 75.4 Å². The highest BCUT2D eigenvalue weighted by atomic mass is 35.5. The summed E-state index contributed by atoms with van der Waals surface area (Å²) in [5.41, 5.74) is 4.70. The molecule has 1 atom stereocenters. The van der Waals surface area contributed by atoms with Crippen LogP contribution in [-0.2, 0) is 15.1 Å². The van der Waals surface area contributed by atoms with Crippen LogP contribution in [-0.4, -0.2) is 37.4 Å². The van der Waals surface area contributed by atoms with Crippen molar-refractivity contribution in [2.45, 2.75) is 12.5 Å². The largest absolute Gasteiger partial charge is 0.367 e. The van der Waals surface area contributed by atoms with Crippen LogP contribution in [0.1, 0.15) is 12.5 Å². The van der Waals surface area contributed by atoms with Gasteiger partial charge >= 0.3 is 0 Å². The van der Waals surface area contributed by atoms with Crippen LogP contribution in [0.15, 0.2) is 24.3 Å². The third-order valence-corrected chi connectivity index (χ3v) is 2.98. The van der Waals surface area contributed by atoms with E-state index in [0.717, 1.165) is 0 Å². The van der Waals surface area contributed by atoms with Gasteiger partial charge in [-0.15, -0.1) is 0 Å². The zero-order valence-electron chi connectivity index (χ0n) is 11.2. The number of amides is 2. The van der Waals surface area contributed by atoms with Crippen LogP contribution in [0.3, 0.4) is 0 Å². The number of benzene rings is 1. The Morgan fingerprint density at radius 2 is 2.05 bits per heavy atom. The average Bonchev–Trinajstić information content (AvgIpc) is 2.27. The molecule has 0 aliphatic heterocycles. The van der Waals surface area contributed by atoms with E-state index >= 15 is 0 Å². The van der Waals surface area contributed by atoms with Crippen LogP contribution in [0.25, 0.3) is 0 Å². The van der Waals surface area contributed by atoms with Gasteiger partial charge in [-0.3, -0.25) is 9.59 Å². The van der Waals surface area contributed by atoms with Crippen molar-refractivity contribution in [1.82, 2.24) is 10.2 Å². The Bertz CT molecular complexity index is 491. The molecule has 1 aromatic rings. The second-order valence-corrected chi connectivity index (χ2v) is 5.22. The molecule has 0 radical (unpaired) electrons. The predicted molar refractivity (Wildman–Crippen MR) is 74.7 cm³/mol. The Kier molecular flexibility index (Phi) is 4.91. The first-order valence-electron chi connectivity index (χ1n) is 5.77. The van der Waals surface area contributed by atoms with Crippen LogP contribution in [0.5, 0.6) is 0 Å². The molecule has 1 unspecified atom stereocenters. The minimum atomic E-state index is -1.28. The van der Waals surface area contributed by atoms with Crippen LogP contribution < -0.4 is 11.1 Å². The molecule has 2 amide bonds. The molecular weight excluding hydrogens is 266 g/mol. The maximum atomic E-state index is 11.8. The summed E-state index contributed by atoms with van der Waals surface area (Å²) in [4.78, 5) is 25.2. The van der Waals surface area contributed by atoms with Gasteiger partial charge in [0, 0.05) is 5.02 Å². The number of halogens is 1. The van der Waals surface area contributed by atoms with Crippen LogP contribution in [0.2, 0.25) is 5.02 Å². The molecule has 0 saturated carbocycles. The fourth-order valence-corrected chi connectivity index (χ4v) is 1.87. The van der Waals surface area contributed by atoms with Crippen LogP contribution >= 0.6 is 11.6 Å². The maximum Gasteiger partial charge on any atom is 0.247 e. The van der Waals surface area contributed by atoms with Gasteiger partial charge in [-0.2, -0.15) is 0 Å². The molecule has 0 fully saturated rings. The summed E-state index contributed by atoms with van der Waals surface area (Å²) in [6.07, 6.45) is 0. The van der Waals surface area contributed by atoms with Gasteiger partial charge in [-0.05, 0) is 38.7 Å². The molecule has 0 aromatic heterocycles. The summed E-state index contributed by atoms with van der Waals surface area (Å²) in [7, 11) is 3.53. The highest BCUT2D eigenvalue weighted by Gasteiger charge is 2.35. The third kappa shape index (κ3) is 3.94. The Balaban J connectivity index is 3.04. The molecule has 0 aliphatic rings. The summed E-state index contributed by atoms with van der Waals surface area (Å²) in [5.74, 6) is -0.923. The summed E-state index contributed by atoms with van der Waals surface area (Å²) < 4.78 is 0. The van der Waals surface area contributed by atoms with E-state index in [4.69, 9.17) is 17.3 Å². The molecule has 0 saturated heterocycles. The van der Waals surface area contributed by atoms with Crippen molar-refractivity contribution in [2.75, 3.05) is 20.6 Å². The second-order valence-electron chi connectivity index (χ2n) is 4.79. The monoisotopic (exact) mass is 283 g/mol. The van der Waals surface area contributed by atoms with E-state index in [-0.39, 0.29) is 12.5 Å². The molecule has 1 aromatic carbocycles. The first-order chi connectivity index (χ1) is 8.75. The van der Waals surface area contributed by atoms with E-state index in [1.54, 1.807) is 50.2 Å². The van der Waals surface area contributed by atoms with Crippen molar-refractivity contribution in [3.05, 3.63) is 34.9 Å². The fourth-order valence-electron chi connectivity index (χ4n) is 1.68. The Labute approximate surface area is 117 Å². The number of nitrogens with zero attached hydrogens (tertiary/aromatic N) is 1. The van der Waals surface area contributed by atoms with Crippen molar-refractivity contribution >= 4 is 23.4 Å². The van der Waals surface area contributed by atoms with Gasteiger partial charge in [0.15, 0.2) is 0 Å². The first kappa shape index (κ1) is 15.5. The molecule has 1 rings (SSSR count). The molecule has 0 aliphatic carbocycles. The summed E-state index contributed by atoms with van der Waals surface area (Å²) in [6.45, 7) is 1.73. The van der Waals surface area contributed by atoms with E-state index in [2.05, 4.69) is 5.32 Å². The van der Waals surface area contributed by atoms with E-state index in [0.29, 0.717) is 10.6 Å². The normalized spacial score (nSPS) is 13.9. The van der Waals surface area contributed by atoms with Crippen molar-refractivity contribution in [3.8, 4) is 0 Å². The van der Waals surface area contributed by atoms with E-state index in [9.17, 15) is 9.59 Å². The van der Waals surface area contributed by atoms with E-state index in [1.807, 2.05) is 0 Å². The van der Waals surface area contributed by atoms with Gasteiger partial charge in [0.2, 0.25) is 11.8 Å². The van der Waals surface area contributed by atoms with Crippen molar-refractivity contribution in [1.29, 1.82) is 0 Å². The minimum Gasteiger partial charge on any atom is -0.367 e. The number of rotatable bonds is 5. The zero-order chi connectivity index (χ0) is 14.6. The number of nitrogens with two attached hydrogens (primary N) is 1. The van der Waals surface area contributed by atoms with Gasteiger partial charge in [0.05, 0.1) is 6.54 Å². The number of carbonyl (C=O) groups excluding carboxylic acids is 2. The zero-order valence-corrected chi connectivity index (χ0v) is 12.0. The SMILES string of the molecule is CN(C)CC(=O)NC(C)(C(N)=O)c1cccc(Cl)c1. The standard InChI is InChI=1S/C13H18ClN3O2/c1-13(12(15)19,16-11(18)8-17(2)3)9-5-4-6-10(14)7-9/h4-7H,8H2,1-3H3,(H2,15,19)(H,16,18). The number of hydrogen-bond acceptors (Lipinski definition) is 3. The predicted octanol–water partition coefficient (Wildman–Crippen LogP) is 0.718. The molecule has 3 N–H and O–H groups in total. The summed E-state index contributed by atoms with van der Waals surface area (Å²) >= 11 is 5.90. The second kappa shape index (κ2) is 6.04. The number of nitrogens with one attached hydrogen (secondary N) is 1. The van der Waals surface area contributed by atoms with Gasteiger partial charge in [0.25, 0.3) is 0 Å². The van der Waals surface area contributed by atoms with Crippen molar-refractivity contribution in [3.63, 3.8) is 0 Å². The first-order valence-corrected chi connectivity index (χ1v) is 6.15.